The van der Waals surface area contributed by atoms with Gasteiger partial charge in [-0.2, -0.15) is 0 Å². The number of carbonyl (C=O) groups excluding carboxylic acids is 1. The second-order valence-corrected chi connectivity index (χ2v) is 6.59. The molecule has 0 radical (unpaired) electrons. The number of ether oxygens (including phenoxy) is 2. The molecule has 0 aliphatic rings. The number of aromatic nitrogens is 1. The first kappa shape index (κ1) is 18.7. The Morgan fingerprint density at radius 2 is 1.62 bits per heavy atom. The van der Waals surface area contributed by atoms with E-state index in [0.29, 0.717) is 18.9 Å². The first-order valence-corrected chi connectivity index (χ1v) is 9.58. The van der Waals surface area contributed by atoms with Crippen molar-refractivity contribution in [1.29, 1.82) is 0 Å². The van der Waals surface area contributed by atoms with E-state index in [9.17, 15) is 4.79 Å². The van der Waals surface area contributed by atoms with Crippen molar-refractivity contribution in [2.24, 2.45) is 0 Å². The van der Waals surface area contributed by atoms with E-state index in [1.54, 1.807) is 13.0 Å². The van der Waals surface area contributed by atoms with Crippen molar-refractivity contribution in [2.75, 3.05) is 6.61 Å². The third kappa shape index (κ3) is 4.27. The minimum absolute atomic E-state index is 0.302. The highest BCUT2D eigenvalue weighted by Crippen LogP contribution is 2.31. The number of rotatable bonds is 6. The molecule has 4 nitrogen and oxygen atoms in total. The van der Waals surface area contributed by atoms with Gasteiger partial charge < -0.3 is 9.47 Å². The Morgan fingerprint density at radius 3 is 2.34 bits per heavy atom. The Bertz CT molecular complexity index is 1120. The van der Waals surface area contributed by atoms with Crippen LogP contribution in [0.5, 0.6) is 5.75 Å². The topological polar surface area (TPSA) is 48.4 Å². The molecule has 3 aromatic carbocycles. The molecule has 4 aromatic rings. The number of fused-ring (bicyclic) bond motifs is 1. The Kier molecular flexibility index (Phi) is 5.52. The molecule has 0 fully saturated rings. The van der Waals surface area contributed by atoms with Crippen molar-refractivity contribution in [3.8, 4) is 16.9 Å². The summed E-state index contributed by atoms with van der Waals surface area (Å²) in [5.74, 6) is 0.334. The number of hydrogen-bond acceptors (Lipinski definition) is 4. The molecule has 0 aliphatic carbocycles. The lowest BCUT2D eigenvalue weighted by Crippen LogP contribution is -2.07. The van der Waals surface area contributed by atoms with Crippen LogP contribution in [0, 0.1) is 0 Å². The molecule has 0 bridgehead atoms. The van der Waals surface area contributed by atoms with Gasteiger partial charge in [0.15, 0.2) is 0 Å². The second-order valence-electron chi connectivity index (χ2n) is 6.59. The predicted molar refractivity (Wildman–Crippen MR) is 114 cm³/mol. The Labute approximate surface area is 169 Å². The van der Waals surface area contributed by atoms with Crippen molar-refractivity contribution in [3.63, 3.8) is 0 Å². The number of carbonyl (C=O) groups is 1. The summed E-state index contributed by atoms with van der Waals surface area (Å²) < 4.78 is 11.1. The summed E-state index contributed by atoms with van der Waals surface area (Å²) in [5, 5.41) is 0.926. The monoisotopic (exact) mass is 383 g/mol. The van der Waals surface area contributed by atoms with Crippen molar-refractivity contribution in [2.45, 2.75) is 13.5 Å². The molecule has 144 valence electrons. The normalized spacial score (nSPS) is 10.7. The first-order valence-electron chi connectivity index (χ1n) is 9.58. The average Bonchev–Trinajstić information content (AvgIpc) is 2.78. The summed E-state index contributed by atoms with van der Waals surface area (Å²) in [5.41, 5.74) is 4.05. The van der Waals surface area contributed by atoms with Crippen LogP contribution >= 0.6 is 0 Å². The van der Waals surface area contributed by atoms with Gasteiger partial charge in [0.25, 0.3) is 0 Å². The fourth-order valence-electron chi connectivity index (χ4n) is 3.20. The molecule has 1 aromatic heterocycles. The quantitative estimate of drug-likeness (QED) is 0.403. The van der Waals surface area contributed by atoms with Crippen LogP contribution in [-0.2, 0) is 11.3 Å². The minimum atomic E-state index is -0.420. The molecule has 0 aliphatic heterocycles. The largest absolute Gasteiger partial charge is 0.489 e. The van der Waals surface area contributed by atoms with Gasteiger partial charge >= 0.3 is 5.97 Å². The molecule has 4 heteroatoms. The zero-order valence-corrected chi connectivity index (χ0v) is 16.2. The molecular formula is C25H21NO3. The molecule has 0 saturated carbocycles. The van der Waals surface area contributed by atoms with E-state index in [4.69, 9.17) is 9.47 Å². The van der Waals surface area contributed by atoms with Gasteiger partial charge in [0.1, 0.15) is 18.1 Å². The number of nitrogens with zero attached hydrogens (tertiary/aromatic N) is 1. The fourth-order valence-corrected chi connectivity index (χ4v) is 3.20. The molecule has 0 spiro atoms. The SMILES string of the molecule is CCOC(=O)c1cc(-c2ccccc2)c2cc(OCc3ccccc3)ccc2n1. The maximum absolute atomic E-state index is 12.3. The molecule has 29 heavy (non-hydrogen) atoms. The molecule has 0 amide bonds. The van der Waals surface area contributed by atoms with E-state index in [-0.39, 0.29) is 0 Å². The highest BCUT2D eigenvalue weighted by atomic mass is 16.5. The lowest BCUT2D eigenvalue weighted by molar-refractivity contribution is 0.0520. The van der Waals surface area contributed by atoms with Crippen LogP contribution in [0.1, 0.15) is 23.0 Å². The van der Waals surface area contributed by atoms with Gasteiger partial charge in [-0.25, -0.2) is 9.78 Å². The molecule has 4 rings (SSSR count). The second kappa shape index (κ2) is 8.57. The maximum atomic E-state index is 12.3. The summed E-state index contributed by atoms with van der Waals surface area (Å²) >= 11 is 0. The molecule has 0 atom stereocenters. The zero-order chi connectivity index (χ0) is 20.1. The number of hydrogen-bond donors (Lipinski definition) is 0. The van der Waals surface area contributed by atoms with Gasteiger partial charge in [-0.15, -0.1) is 0 Å². The van der Waals surface area contributed by atoms with Gasteiger partial charge in [0.2, 0.25) is 0 Å². The van der Waals surface area contributed by atoms with Crippen LogP contribution in [-0.4, -0.2) is 17.6 Å². The lowest BCUT2D eigenvalue weighted by atomic mass is 10.00. The standard InChI is InChI=1S/C25H21NO3/c1-2-28-25(27)24-16-21(19-11-7-4-8-12-19)22-15-20(13-14-23(22)26-24)29-17-18-9-5-3-6-10-18/h3-16H,2,17H2,1H3. The molecule has 0 unspecified atom stereocenters. The van der Waals surface area contributed by atoms with Crippen LogP contribution in [0.3, 0.4) is 0 Å². The summed E-state index contributed by atoms with van der Waals surface area (Å²) in [4.78, 5) is 16.8. The first-order chi connectivity index (χ1) is 14.2. The van der Waals surface area contributed by atoms with Crippen molar-refractivity contribution in [3.05, 3.63) is 96.2 Å². The van der Waals surface area contributed by atoms with Crippen LogP contribution < -0.4 is 4.74 Å². The Morgan fingerprint density at radius 1 is 0.897 bits per heavy atom. The van der Waals surface area contributed by atoms with E-state index < -0.39 is 5.97 Å². The third-order valence-electron chi connectivity index (χ3n) is 4.60. The van der Waals surface area contributed by atoms with Gasteiger partial charge in [0, 0.05) is 5.39 Å². The van der Waals surface area contributed by atoms with E-state index in [1.807, 2.05) is 78.9 Å². The van der Waals surface area contributed by atoms with Crippen molar-refractivity contribution in [1.82, 2.24) is 4.98 Å². The van der Waals surface area contributed by atoms with E-state index in [2.05, 4.69) is 4.98 Å². The van der Waals surface area contributed by atoms with Crippen LogP contribution in [0.2, 0.25) is 0 Å². The lowest BCUT2D eigenvalue weighted by Gasteiger charge is -2.12. The van der Waals surface area contributed by atoms with Crippen LogP contribution in [0.15, 0.2) is 84.9 Å². The molecule has 0 saturated heterocycles. The summed E-state index contributed by atoms with van der Waals surface area (Å²) in [6, 6.07) is 27.5. The van der Waals surface area contributed by atoms with Gasteiger partial charge in [0.05, 0.1) is 12.1 Å². The summed E-state index contributed by atoms with van der Waals surface area (Å²) in [6.45, 7) is 2.58. The van der Waals surface area contributed by atoms with E-state index in [1.165, 1.54) is 0 Å². The van der Waals surface area contributed by atoms with Crippen molar-refractivity contribution >= 4 is 16.9 Å². The van der Waals surface area contributed by atoms with Crippen LogP contribution in [0.25, 0.3) is 22.0 Å². The number of benzene rings is 3. The number of pyridine rings is 1. The third-order valence-corrected chi connectivity index (χ3v) is 4.60. The van der Waals surface area contributed by atoms with E-state index in [0.717, 1.165) is 33.3 Å². The smallest absolute Gasteiger partial charge is 0.356 e. The van der Waals surface area contributed by atoms with Gasteiger partial charge in [-0.1, -0.05) is 60.7 Å². The molecular weight excluding hydrogens is 362 g/mol. The predicted octanol–water partition coefficient (Wildman–Crippen LogP) is 5.66. The Balaban J connectivity index is 1.75. The minimum Gasteiger partial charge on any atom is -0.489 e. The highest BCUT2D eigenvalue weighted by molar-refractivity contribution is 6.00. The maximum Gasteiger partial charge on any atom is 0.356 e. The fraction of sp³-hybridized carbons (Fsp3) is 0.120. The summed E-state index contributed by atoms with van der Waals surface area (Å²) in [6.07, 6.45) is 0. The van der Waals surface area contributed by atoms with Gasteiger partial charge in [-0.3, -0.25) is 0 Å². The van der Waals surface area contributed by atoms with Crippen LogP contribution in [0.4, 0.5) is 0 Å². The zero-order valence-electron chi connectivity index (χ0n) is 16.2. The Hall–Kier alpha value is -3.66. The molecule has 0 N–H and O–H groups in total. The summed E-state index contributed by atoms with van der Waals surface area (Å²) in [7, 11) is 0. The number of esters is 1. The molecule has 1 heterocycles. The highest BCUT2D eigenvalue weighted by Gasteiger charge is 2.15. The van der Waals surface area contributed by atoms with Gasteiger partial charge in [-0.05, 0) is 47.9 Å². The average molecular weight is 383 g/mol. The van der Waals surface area contributed by atoms with E-state index >= 15 is 0 Å². The van der Waals surface area contributed by atoms with Crippen molar-refractivity contribution < 1.29 is 14.3 Å².